The molecule has 0 aromatic heterocycles. The molecule has 0 aliphatic heterocycles. The third-order valence-corrected chi connectivity index (χ3v) is 3.59. The maximum absolute atomic E-state index is 13.5. The topological polar surface area (TPSA) is 41.1 Å². The van der Waals surface area contributed by atoms with Gasteiger partial charge >= 0.3 is 6.03 Å². The SMILES string of the molecule is Cc1cc(Br)cc(C)c1NC(=O)NCc1ccccc1F. The first kappa shape index (κ1) is 15.5. The van der Waals surface area contributed by atoms with Crippen molar-refractivity contribution in [2.45, 2.75) is 20.4 Å². The van der Waals surface area contributed by atoms with Crippen LogP contribution < -0.4 is 10.6 Å². The fourth-order valence-electron chi connectivity index (χ4n) is 2.08. The van der Waals surface area contributed by atoms with Crippen molar-refractivity contribution >= 4 is 27.6 Å². The summed E-state index contributed by atoms with van der Waals surface area (Å²) >= 11 is 3.41. The lowest BCUT2D eigenvalue weighted by molar-refractivity contribution is 0.251. The third kappa shape index (κ3) is 4.04. The molecule has 0 spiro atoms. The van der Waals surface area contributed by atoms with E-state index in [2.05, 4.69) is 26.6 Å². The minimum absolute atomic E-state index is 0.146. The maximum atomic E-state index is 13.5. The highest BCUT2D eigenvalue weighted by molar-refractivity contribution is 9.10. The first-order chi connectivity index (χ1) is 9.97. The Morgan fingerprint density at radius 1 is 1.19 bits per heavy atom. The summed E-state index contributed by atoms with van der Waals surface area (Å²) in [5.74, 6) is -0.325. The lowest BCUT2D eigenvalue weighted by Gasteiger charge is -2.13. The summed E-state index contributed by atoms with van der Waals surface area (Å²) in [4.78, 5) is 11.9. The van der Waals surface area contributed by atoms with E-state index < -0.39 is 0 Å². The summed E-state index contributed by atoms with van der Waals surface area (Å²) in [6.45, 7) is 3.99. The van der Waals surface area contributed by atoms with Gasteiger partial charge in [-0.2, -0.15) is 0 Å². The predicted molar refractivity (Wildman–Crippen MR) is 85.9 cm³/mol. The van der Waals surface area contributed by atoms with E-state index in [1.54, 1.807) is 18.2 Å². The summed E-state index contributed by atoms with van der Waals surface area (Å²) in [6.07, 6.45) is 0. The number of halogens is 2. The van der Waals surface area contributed by atoms with E-state index in [0.29, 0.717) is 5.56 Å². The molecule has 110 valence electrons. The molecular formula is C16H16BrFN2O. The minimum atomic E-state index is -0.355. The van der Waals surface area contributed by atoms with Crippen molar-refractivity contribution in [1.82, 2.24) is 5.32 Å². The molecule has 5 heteroatoms. The lowest BCUT2D eigenvalue weighted by Crippen LogP contribution is -2.29. The Labute approximate surface area is 131 Å². The number of benzene rings is 2. The number of hydrogen-bond donors (Lipinski definition) is 2. The molecule has 2 aromatic carbocycles. The van der Waals surface area contributed by atoms with Gasteiger partial charge in [-0.25, -0.2) is 9.18 Å². The predicted octanol–water partition coefficient (Wildman–Crippen LogP) is 4.53. The standard InChI is InChI=1S/C16H16BrFN2O/c1-10-7-13(17)8-11(2)15(10)20-16(21)19-9-12-5-3-4-6-14(12)18/h3-8H,9H2,1-2H3,(H2,19,20,21). The number of amides is 2. The summed E-state index contributed by atoms with van der Waals surface area (Å²) in [5, 5.41) is 5.46. The molecule has 0 heterocycles. The van der Waals surface area contributed by atoms with Crippen LogP contribution in [0.5, 0.6) is 0 Å². The Balaban J connectivity index is 2.01. The molecule has 2 aromatic rings. The van der Waals surface area contributed by atoms with E-state index in [-0.39, 0.29) is 18.4 Å². The van der Waals surface area contributed by atoms with Crippen molar-refractivity contribution in [2.75, 3.05) is 5.32 Å². The zero-order valence-electron chi connectivity index (χ0n) is 11.8. The van der Waals surface area contributed by atoms with Gasteiger partial charge in [-0.15, -0.1) is 0 Å². The molecule has 3 nitrogen and oxygen atoms in total. The highest BCUT2D eigenvalue weighted by Gasteiger charge is 2.09. The second-order valence-electron chi connectivity index (χ2n) is 4.81. The van der Waals surface area contributed by atoms with Crippen LogP contribution >= 0.6 is 15.9 Å². The van der Waals surface area contributed by atoms with Crippen molar-refractivity contribution < 1.29 is 9.18 Å². The minimum Gasteiger partial charge on any atom is -0.334 e. The first-order valence-electron chi connectivity index (χ1n) is 6.52. The monoisotopic (exact) mass is 350 g/mol. The Morgan fingerprint density at radius 2 is 1.81 bits per heavy atom. The second-order valence-corrected chi connectivity index (χ2v) is 5.73. The molecule has 2 N–H and O–H groups in total. The molecule has 0 atom stereocenters. The van der Waals surface area contributed by atoms with E-state index in [1.165, 1.54) is 6.07 Å². The van der Waals surface area contributed by atoms with Crippen LogP contribution in [0.25, 0.3) is 0 Å². The lowest BCUT2D eigenvalue weighted by atomic mass is 10.1. The van der Waals surface area contributed by atoms with E-state index >= 15 is 0 Å². The van der Waals surface area contributed by atoms with Gasteiger partial charge in [0.05, 0.1) is 0 Å². The fourth-order valence-corrected chi connectivity index (χ4v) is 2.77. The third-order valence-electron chi connectivity index (χ3n) is 3.13. The van der Waals surface area contributed by atoms with Crippen LogP contribution in [0.4, 0.5) is 14.9 Å². The molecular weight excluding hydrogens is 335 g/mol. The summed E-state index contributed by atoms with van der Waals surface area (Å²) in [7, 11) is 0. The van der Waals surface area contributed by atoms with Crippen LogP contribution in [0.3, 0.4) is 0 Å². The smallest absolute Gasteiger partial charge is 0.319 e. The van der Waals surface area contributed by atoms with E-state index in [4.69, 9.17) is 0 Å². The fraction of sp³-hybridized carbons (Fsp3) is 0.188. The van der Waals surface area contributed by atoms with Crippen molar-refractivity contribution in [1.29, 1.82) is 0 Å². The molecule has 0 aliphatic rings. The number of aryl methyl sites for hydroxylation is 2. The molecule has 0 fully saturated rings. The number of carbonyl (C=O) groups excluding carboxylic acids is 1. The van der Waals surface area contributed by atoms with Gasteiger partial charge in [0.25, 0.3) is 0 Å². The zero-order valence-corrected chi connectivity index (χ0v) is 13.4. The molecule has 21 heavy (non-hydrogen) atoms. The van der Waals surface area contributed by atoms with E-state index in [0.717, 1.165) is 21.3 Å². The van der Waals surface area contributed by atoms with Crippen LogP contribution in [0.1, 0.15) is 16.7 Å². The van der Waals surface area contributed by atoms with Gasteiger partial charge in [0.2, 0.25) is 0 Å². The average molecular weight is 351 g/mol. The molecule has 2 rings (SSSR count). The number of carbonyl (C=O) groups is 1. The van der Waals surface area contributed by atoms with Crippen molar-refractivity contribution in [3.05, 3.63) is 63.4 Å². The van der Waals surface area contributed by atoms with Crippen LogP contribution in [0.15, 0.2) is 40.9 Å². The quantitative estimate of drug-likeness (QED) is 0.838. The Hall–Kier alpha value is -1.88. The van der Waals surface area contributed by atoms with Crippen LogP contribution in [0.2, 0.25) is 0 Å². The van der Waals surface area contributed by atoms with E-state index in [9.17, 15) is 9.18 Å². The van der Waals surface area contributed by atoms with Crippen LogP contribution in [-0.4, -0.2) is 6.03 Å². The van der Waals surface area contributed by atoms with Gasteiger partial charge in [-0.1, -0.05) is 34.1 Å². The average Bonchev–Trinajstić information content (AvgIpc) is 2.42. The molecule has 0 saturated carbocycles. The zero-order chi connectivity index (χ0) is 15.4. The normalized spacial score (nSPS) is 10.3. The maximum Gasteiger partial charge on any atom is 0.319 e. The van der Waals surface area contributed by atoms with Crippen LogP contribution in [0, 0.1) is 19.7 Å². The van der Waals surface area contributed by atoms with Crippen LogP contribution in [-0.2, 0) is 6.54 Å². The number of anilines is 1. The Bertz CT molecular complexity index is 650. The number of nitrogens with one attached hydrogen (secondary N) is 2. The van der Waals surface area contributed by atoms with Crippen molar-refractivity contribution in [3.8, 4) is 0 Å². The van der Waals surface area contributed by atoms with Crippen molar-refractivity contribution in [3.63, 3.8) is 0 Å². The molecule has 0 unspecified atom stereocenters. The van der Waals surface area contributed by atoms with Gasteiger partial charge in [0.1, 0.15) is 5.82 Å². The highest BCUT2D eigenvalue weighted by Crippen LogP contribution is 2.24. The Morgan fingerprint density at radius 3 is 2.43 bits per heavy atom. The number of hydrogen-bond acceptors (Lipinski definition) is 1. The summed E-state index contributed by atoms with van der Waals surface area (Å²) < 4.78 is 14.4. The molecule has 0 aliphatic carbocycles. The van der Waals surface area contributed by atoms with Gasteiger partial charge in [-0.05, 0) is 43.2 Å². The second kappa shape index (κ2) is 6.72. The highest BCUT2D eigenvalue weighted by atomic mass is 79.9. The van der Waals surface area contributed by atoms with Gasteiger partial charge in [-0.3, -0.25) is 0 Å². The van der Waals surface area contributed by atoms with Gasteiger partial charge in [0.15, 0.2) is 0 Å². The number of urea groups is 1. The molecule has 0 saturated heterocycles. The summed E-state index contributed by atoms with van der Waals surface area (Å²) in [5.41, 5.74) is 3.15. The van der Waals surface area contributed by atoms with Gasteiger partial charge < -0.3 is 10.6 Å². The Kier molecular flexibility index (Phi) is 4.96. The number of rotatable bonds is 3. The van der Waals surface area contributed by atoms with E-state index in [1.807, 2.05) is 26.0 Å². The molecule has 2 amide bonds. The molecule has 0 radical (unpaired) electrons. The first-order valence-corrected chi connectivity index (χ1v) is 7.31. The summed E-state index contributed by atoms with van der Waals surface area (Å²) in [6, 6.07) is 9.88. The largest absolute Gasteiger partial charge is 0.334 e. The van der Waals surface area contributed by atoms with Crippen molar-refractivity contribution in [2.24, 2.45) is 0 Å². The van der Waals surface area contributed by atoms with Gasteiger partial charge in [0, 0.05) is 22.3 Å². The molecule has 0 bridgehead atoms.